The molecule has 2 fully saturated rings. The molecule has 2 aliphatic rings. The number of alkyl halides is 9. The highest BCUT2D eigenvalue weighted by atomic mass is 32.3. The second kappa shape index (κ2) is 8.96. The van der Waals surface area contributed by atoms with Crippen LogP contribution in [0.15, 0.2) is 0 Å². The minimum atomic E-state index is -7.81. The third kappa shape index (κ3) is 4.88. The minimum Gasteiger partial charge on any atom is -0.298 e. The normalized spacial score (nSPS) is 23.1. The number of carbonyl (C=O) groups excluding carboxylic acids is 1. The van der Waals surface area contributed by atoms with E-state index in [0.29, 0.717) is 12.8 Å². The summed E-state index contributed by atoms with van der Waals surface area (Å²) in [6.07, 6.45) is 1.01. The van der Waals surface area contributed by atoms with Crippen LogP contribution < -0.4 is 4.13 Å². The first-order chi connectivity index (χ1) is 15.4. The van der Waals surface area contributed by atoms with Gasteiger partial charge in [0.05, 0.1) is 6.04 Å². The van der Waals surface area contributed by atoms with E-state index in [1.165, 1.54) is 4.90 Å². The molecule has 35 heavy (non-hydrogen) atoms. The van der Waals surface area contributed by atoms with Gasteiger partial charge >= 0.3 is 32.0 Å². The van der Waals surface area contributed by atoms with E-state index in [1.807, 2.05) is 0 Å². The van der Waals surface area contributed by atoms with Crippen molar-refractivity contribution in [3.63, 3.8) is 0 Å². The molecule has 0 amide bonds. The van der Waals surface area contributed by atoms with Gasteiger partial charge in [-0.3, -0.25) is 9.69 Å². The number of Topliss-reactive ketones (excluding diaryl/α,β-unsaturated/α-hetero) is 1. The van der Waals surface area contributed by atoms with Crippen LogP contribution in [0.1, 0.15) is 19.3 Å². The fraction of sp³-hybridized carbons (Fsp3) is 0.923. The summed E-state index contributed by atoms with van der Waals surface area (Å²) in [5.41, 5.74) is -6.64. The van der Waals surface area contributed by atoms with Crippen molar-refractivity contribution in [3.05, 3.63) is 0 Å². The highest BCUT2D eigenvalue weighted by Crippen LogP contribution is 2.51. The minimum absolute atomic E-state index is 0.190. The zero-order chi connectivity index (χ0) is 27.5. The molecule has 1 saturated carbocycles. The zero-order valence-corrected chi connectivity index (χ0v) is 19.4. The first-order valence-corrected chi connectivity index (χ1v) is 13.6. The Labute approximate surface area is 192 Å². The third-order valence-electron chi connectivity index (χ3n) is 5.24. The largest absolute Gasteiger partial charge is 0.512 e. The second-order valence-electron chi connectivity index (χ2n) is 7.46. The predicted octanol–water partition coefficient (Wildman–Crippen LogP) is 0.645. The lowest BCUT2D eigenvalue weighted by Crippen LogP contribution is -2.66. The Bertz CT molecular complexity index is 1160. The topological polar surface area (TPSA) is 138 Å². The molecule has 2 rings (SSSR count). The fourth-order valence-corrected chi connectivity index (χ4v) is 7.25. The molecule has 0 spiro atoms. The Kier molecular flexibility index (Phi) is 7.68. The van der Waals surface area contributed by atoms with Crippen molar-refractivity contribution in [2.24, 2.45) is 0 Å². The number of sulfonamides is 3. The van der Waals surface area contributed by atoms with Crippen LogP contribution in [0, 0.1) is 0 Å². The van der Waals surface area contributed by atoms with Gasteiger partial charge in [-0.05, 0) is 12.8 Å². The van der Waals surface area contributed by atoms with Gasteiger partial charge in [-0.25, -0.2) is 25.3 Å². The van der Waals surface area contributed by atoms with Gasteiger partial charge in [0, 0.05) is 32.6 Å². The molecule has 1 unspecified atom stereocenters. The van der Waals surface area contributed by atoms with Gasteiger partial charge in [0.1, 0.15) is 5.78 Å². The summed E-state index contributed by atoms with van der Waals surface area (Å²) in [7, 11) is -21.9. The van der Waals surface area contributed by atoms with E-state index in [-0.39, 0.29) is 16.5 Å². The molecule has 0 aromatic rings. The highest BCUT2D eigenvalue weighted by Gasteiger charge is 2.83. The van der Waals surface area contributed by atoms with E-state index >= 15 is 0 Å². The number of hydrogen-bond acceptors (Lipinski definition) is 8. The van der Waals surface area contributed by atoms with Crippen LogP contribution in [0.2, 0.25) is 0 Å². The summed E-state index contributed by atoms with van der Waals surface area (Å²) in [4.78, 5) is 13.1. The van der Waals surface area contributed by atoms with E-state index in [0.717, 1.165) is 0 Å². The third-order valence-corrected chi connectivity index (χ3v) is 10.5. The maximum atomic E-state index is 14.3. The van der Waals surface area contributed by atoms with Crippen molar-refractivity contribution in [2.75, 3.05) is 26.2 Å². The van der Waals surface area contributed by atoms with Gasteiger partial charge in [0.25, 0.3) is 20.0 Å². The number of nitrogens with one attached hydrogen (secondary N) is 1. The first-order valence-electron chi connectivity index (χ1n) is 9.18. The average molecular weight is 593 g/mol. The van der Waals surface area contributed by atoms with Crippen LogP contribution >= 0.6 is 0 Å². The number of hydrogen-bond donors (Lipinski definition) is 1. The van der Waals surface area contributed by atoms with E-state index in [2.05, 4.69) is 0 Å². The van der Waals surface area contributed by atoms with Crippen molar-refractivity contribution in [3.8, 4) is 0 Å². The summed E-state index contributed by atoms with van der Waals surface area (Å²) in [5, 5.41) is -14.3. The van der Waals surface area contributed by atoms with Crippen molar-refractivity contribution < 1.29 is 69.6 Å². The molecule has 1 atom stereocenters. The van der Waals surface area contributed by atoms with Crippen LogP contribution in [0.4, 0.5) is 39.5 Å². The molecule has 1 saturated heterocycles. The van der Waals surface area contributed by atoms with Crippen molar-refractivity contribution in [2.45, 2.75) is 47.2 Å². The summed E-state index contributed by atoms with van der Waals surface area (Å²) in [6, 6.07) is -0.696. The van der Waals surface area contributed by atoms with Crippen molar-refractivity contribution in [1.82, 2.24) is 13.3 Å². The van der Waals surface area contributed by atoms with Crippen molar-refractivity contribution >= 4 is 35.9 Å². The molecule has 0 radical (unpaired) electrons. The van der Waals surface area contributed by atoms with Gasteiger partial charge in [-0.15, -0.1) is 0 Å². The van der Waals surface area contributed by atoms with Gasteiger partial charge in [0.15, 0.2) is 0 Å². The fourth-order valence-electron chi connectivity index (χ4n) is 3.35. The number of ketones is 1. The van der Waals surface area contributed by atoms with Crippen LogP contribution in [-0.2, 0) is 34.9 Å². The first kappa shape index (κ1) is 30.0. The number of nitrogens with zero attached hydrogens (tertiary/aromatic N) is 2. The number of rotatable bonds is 8. The van der Waals surface area contributed by atoms with Crippen LogP contribution in [0.3, 0.4) is 0 Å². The average Bonchev–Trinajstić information content (AvgIpc) is 3.11. The zero-order valence-electron chi connectivity index (χ0n) is 16.9. The predicted molar refractivity (Wildman–Crippen MR) is 96.6 cm³/mol. The van der Waals surface area contributed by atoms with Crippen LogP contribution in [0.25, 0.3) is 0 Å². The van der Waals surface area contributed by atoms with Gasteiger partial charge < -0.3 is 0 Å². The molecule has 206 valence electrons. The Morgan fingerprint density at radius 2 is 1.23 bits per heavy atom. The highest BCUT2D eigenvalue weighted by molar-refractivity contribution is 8.05. The molecule has 1 heterocycles. The molecule has 10 nitrogen and oxygen atoms in total. The van der Waals surface area contributed by atoms with E-state index in [1.54, 1.807) is 0 Å². The molecular weight excluding hydrogens is 577 g/mol. The van der Waals surface area contributed by atoms with E-state index in [9.17, 15) is 69.6 Å². The monoisotopic (exact) mass is 593 g/mol. The molecule has 1 N–H and O–H groups in total. The van der Waals surface area contributed by atoms with Crippen LogP contribution in [-0.4, -0.2) is 94.4 Å². The van der Waals surface area contributed by atoms with E-state index in [4.69, 9.17) is 0 Å². The quantitative estimate of drug-likeness (QED) is 0.405. The summed E-state index contributed by atoms with van der Waals surface area (Å²) in [6.45, 7) is -2.93. The number of piperazine rings is 1. The van der Waals surface area contributed by atoms with Gasteiger partial charge in [0.2, 0.25) is 0 Å². The van der Waals surface area contributed by atoms with Crippen molar-refractivity contribution in [1.29, 1.82) is 0 Å². The summed E-state index contributed by atoms with van der Waals surface area (Å²) < 4.78 is 189. The Hall–Kier alpha value is -1.23. The number of carbonyl (C=O) groups is 1. The van der Waals surface area contributed by atoms with Gasteiger partial charge in [-0.2, -0.15) is 43.8 Å². The van der Waals surface area contributed by atoms with E-state index < -0.39 is 88.4 Å². The van der Waals surface area contributed by atoms with Gasteiger partial charge in [-0.1, -0.05) is 4.13 Å². The van der Waals surface area contributed by atoms with Crippen LogP contribution in [0.5, 0.6) is 0 Å². The summed E-state index contributed by atoms with van der Waals surface area (Å²) >= 11 is 0. The Balaban J connectivity index is 2.34. The lowest BCUT2D eigenvalue weighted by Gasteiger charge is -2.39. The number of halogens is 9. The molecule has 22 heteroatoms. The Morgan fingerprint density at radius 3 is 1.63 bits per heavy atom. The smallest absolute Gasteiger partial charge is 0.298 e. The maximum absolute atomic E-state index is 14.3. The lowest BCUT2D eigenvalue weighted by atomic mass is 10.2. The molecule has 1 aliphatic carbocycles. The summed E-state index contributed by atoms with van der Waals surface area (Å²) in [5.74, 6) is -7.70. The molecule has 0 aromatic heterocycles. The molecule has 1 aliphatic heterocycles. The standard InChI is InChI=1S/C13H16F9N3O7S3/c14-10(15,11(16,17)33(27,28)23-34(29,30)13(20,21)22)12(18,19)35(31,32)25-6-4-24(5-7-25)8-2-1-3-9(8)26/h8,23H,1-7H2. The molecular formula is C13H16F9N3O7S3. The lowest BCUT2D eigenvalue weighted by molar-refractivity contribution is -0.245. The molecule has 0 aromatic carbocycles. The Morgan fingerprint density at radius 1 is 0.743 bits per heavy atom. The second-order valence-corrected chi connectivity index (χ2v) is 13.1. The maximum Gasteiger partial charge on any atom is 0.512 e. The molecule has 0 bridgehead atoms. The SMILES string of the molecule is O=C1CCCC1N1CCN(S(=O)(=O)C(F)(F)C(F)(F)C(F)(F)S(=O)(=O)NS(=O)(=O)C(F)(F)F)CC1.